The van der Waals surface area contributed by atoms with Gasteiger partial charge in [-0.15, -0.1) is 0 Å². The highest BCUT2D eigenvalue weighted by Gasteiger charge is 1.98. The highest BCUT2D eigenvalue weighted by molar-refractivity contribution is 8.13. The Bertz CT molecular complexity index is 517. The molecule has 0 amide bonds. The molecule has 0 spiro atoms. The van der Waals surface area contributed by atoms with Gasteiger partial charge >= 0.3 is 0 Å². The molecule has 0 atom stereocenters. The average Bonchev–Trinajstić information content (AvgIpc) is 2.65. The molecular formula is C21H33N3S. The molecule has 1 aromatic rings. The van der Waals surface area contributed by atoms with Crippen LogP contribution in [0.3, 0.4) is 0 Å². The highest BCUT2D eigenvalue weighted by atomic mass is 32.2. The van der Waals surface area contributed by atoms with Crippen LogP contribution in [0.2, 0.25) is 0 Å². The van der Waals surface area contributed by atoms with Crippen molar-refractivity contribution < 1.29 is 0 Å². The van der Waals surface area contributed by atoms with Gasteiger partial charge in [-0.05, 0) is 36.9 Å². The molecular weight excluding hydrogens is 326 g/mol. The van der Waals surface area contributed by atoms with Crippen molar-refractivity contribution in [2.24, 2.45) is 4.99 Å². The van der Waals surface area contributed by atoms with Gasteiger partial charge in [0.1, 0.15) is 0 Å². The zero-order chi connectivity index (χ0) is 18.2. The van der Waals surface area contributed by atoms with E-state index in [0.29, 0.717) is 5.56 Å². The van der Waals surface area contributed by atoms with Gasteiger partial charge in [0.25, 0.3) is 0 Å². The summed E-state index contributed by atoms with van der Waals surface area (Å²) in [4.78, 5) is 4.59. The van der Waals surface area contributed by atoms with Gasteiger partial charge in [-0.2, -0.15) is 5.26 Å². The smallest absolute Gasteiger partial charge is 0.161 e. The first-order valence-corrected chi connectivity index (χ1v) is 10.9. The van der Waals surface area contributed by atoms with Crippen LogP contribution >= 0.6 is 11.8 Å². The summed E-state index contributed by atoms with van der Waals surface area (Å²) in [5, 5.41) is 13.2. The van der Waals surface area contributed by atoms with Crippen LogP contribution in [0, 0.1) is 11.3 Å². The Morgan fingerprint density at radius 3 is 2.04 bits per heavy atom. The SMILES string of the molecule is CCCCCCCCCCCCN/C(=N/c1ccc(C#N)cc1)SC. The highest BCUT2D eigenvalue weighted by Crippen LogP contribution is 2.15. The summed E-state index contributed by atoms with van der Waals surface area (Å²) in [5.74, 6) is 0. The second-order valence-corrected chi connectivity index (χ2v) is 7.18. The average molecular weight is 360 g/mol. The predicted molar refractivity (Wildman–Crippen MR) is 112 cm³/mol. The maximum Gasteiger partial charge on any atom is 0.161 e. The molecule has 4 heteroatoms. The molecule has 0 aliphatic carbocycles. The number of hydrogen-bond acceptors (Lipinski definition) is 3. The first-order chi connectivity index (χ1) is 12.3. The molecule has 0 unspecified atom stereocenters. The van der Waals surface area contributed by atoms with E-state index in [-0.39, 0.29) is 0 Å². The number of nitriles is 1. The Kier molecular flexibility index (Phi) is 12.8. The van der Waals surface area contributed by atoms with Crippen molar-refractivity contribution in [1.82, 2.24) is 5.32 Å². The number of benzene rings is 1. The number of unbranched alkanes of at least 4 members (excludes halogenated alkanes) is 9. The Morgan fingerprint density at radius 1 is 0.960 bits per heavy atom. The van der Waals surface area contributed by atoms with E-state index in [1.165, 1.54) is 64.2 Å². The molecule has 0 saturated heterocycles. The van der Waals surface area contributed by atoms with E-state index in [9.17, 15) is 0 Å². The summed E-state index contributed by atoms with van der Waals surface area (Å²) in [6.45, 7) is 3.25. The largest absolute Gasteiger partial charge is 0.365 e. The number of rotatable bonds is 12. The lowest BCUT2D eigenvalue weighted by Crippen LogP contribution is -2.21. The van der Waals surface area contributed by atoms with Gasteiger partial charge in [0.15, 0.2) is 5.17 Å². The molecule has 138 valence electrons. The van der Waals surface area contributed by atoms with Crippen LogP contribution < -0.4 is 5.32 Å². The van der Waals surface area contributed by atoms with Crippen molar-refractivity contribution in [3.63, 3.8) is 0 Å². The molecule has 0 aromatic heterocycles. The third-order valence-electron chi connectivity index (χ3n) is 4.23. The fraction of sp³-hybridized carbons (Fsp3) is 0.619. The lowest BCUT2D eigenvalue weighted by atomic mass is 10.1. The fourth-order valence-electron chi connectivity index (χ4n) is 2.69. The molecule has 0 bridgehead atoms. The molecule has 0 aliphatic heterocycles. The molecule has 3 nitrogen and oxygen atoms in total. The van der Waals surface area contributed by atoms with Gasteiger partial charge in [0.05, 0.1) is 17.3 Å². The van der Waals surface area contributed by atoms with E-state index in [2.05, 4.69) is 23.3 Å². The van der Waals surface area contributed by atoms with Crippen molar-refractivity contribution in [2.75, 3.05) is 12.8 Å². The van der Waals surface area contributed by atoms with Crippen LogP contribution in [-0.4, -0.2) is 18.0 Å². The first-order valence-electron chi connectivity index (χ1n) is 9.67. The topological polar surface area (TPSA) is 48.2 Å². The van der Waals surface area contributed by atoms with Crippen LogP contribution in [-0.2, 0) is 0 Å². The van der Waals surface area contributed by atoms with E-state index >= 15 is 0 Å². The zero-order valence-electron chi connectivity index (χ0n) is 15.9. The maximum absolute atomic E-state index is 8.82. The minimum absolute atomic E-state index is 0.669. The number of thioether (sulfide) groups is 1. The Morgan fingerprint density at radius 2 is 1.52 bits per heavy atom. The second-order valence-electron chi connectivity index (χ2n) is 6.39. The second kappa shape index (κ2) is 14.8. The third-order valence-corrected chi connectivity index (χ3v) is 4.85. The minimum atomic E-state index is 0.669. The van der Waals surface area contributed by atoms with Crippen molar-refractivity contribution in [3.8, 4) is 6.07 Å². The lowest BCUT2D eigenvalue weighted by molar-refractivity contribution is 0.555. The van der Waals surface area contributed by atoms with E-state index < -0.39 is 0 Å². The standard InChI is InChI=1S/C21H33N3S/c1-3-4-5-6-7-8-9-10-11-12-17-23-21(25-2)24-20-15-13-19(18-22)14-16-20/h13-16H,3-12,17H2,1-2H3,(H,23,24). The van der Waals surface area contributed by atoms with Gasteiger partial charge in [-0.3, -0.25) is 0 Å². The predicted octanol–water partition coefficient (Wildman–Crippen LogP) is 6.42. The van der Waals surface area contributed by atoms with E-state index in [4.69, 9.17) is 5.26 Å². The summed E-state index contributed by atoms with van der Waals surface area (Å²) in [7, 11) is 0. The molecule has 0 aliphatic rings. The van der Waals surface area contributed by atoms with Gasteiger partial charge in [-0.1, -0.05) is 76.5 Å². The van der Waals surface area contributed by atoms with Crippen molar-refractivity contribution >= 4 is 22.6 Å². The minimum Gasteiger partial charge on any atom is -0.365 e. The molecule has 0 radical (unpaired) electrons. The zero-order valence-corrected chi connectivity index (χ0v) is 16.7. The van der Waals surface area contributed by atoms with Crippen LogP contribution in [0.4, 0.5) is 5.69 Å². The maximum atomic E-state index is 8.82. The quantitative estimate of drug-likeness (QED) is 0.266. The van der Waals surface area contributed by atoms with Crippen molar-refractivity contribution in [1.29, 1.82) is 5.26 Å². The number of amidine groups is 1. The van der Waals surface area contributed by atoms with Gasteiger partial charge in [0.2, 0.25) is 0 Å². The van der Waals surface area contributed by atoms with Gasteiger partial charge in [-0.25, -0.2) is 4.99 Å². The molecule has 1 rings (SSSR count). The lowest BCUT2D eigenvalue weighted by Gasteiger charge is -2.07. The summed E-state index contributed by atoms with van der Waals surface area (Å²) >= 11 is 1.63. The molecule has 0 heterocycles. The summed E-state index contributed by atoms with van der Waals surface area (Å²) in [6, 6.07) is 9.51. The van der Waals surface area contributed by atoms with E-state index in [0.717, 1.165) is 17.4 Å². The van der Waals surface area contributed by atoms with Gasteiger partial charge < -0.3 is 5.32 Å². The van der Waals surface area contributed by atoms with Crippen molar-refractivity contribution in [2.45, 2.75) is 71.1 Å². The fourth-order valence-corrected chi connectivity index (χ4v) is 3.14. The molecule has 1 aromatic carbocycles. The number of nitrogens with one attached hydrogen (secondary N) is 1. The van der Waals surface area contributed by atoms with Crippen LogP contribution in [0.1, 0.15) is 76.7 Å². The van der Waals surface area contributed by atoms with Crippen LogP contribution in [0.15, 0.2) is 29.3 Å². The van der Waals surface area contributed by atoms with Crippen molar-refractivity contribution in [3.05, 3.63) is 29.8 Å². The molecule has 0 saturated carbocycles. The monoisotopic (exact) mass is 359 g/mol. The van der Waals surface area contributed by atoms with E-state index in [1.54, 1.807) is 23.9 Å². The molecule has 0 fully saturated rings. The van der Waals surface area contributed by atoms with E-state index in [1.807, 2.05) is 18.4 Å². The van der Waals surface area contributed by atoms with Crippen LogP contribution in [0.25, 0.3) is 0 Å². The molecule has 1 N–H and O–H groups in total. The Balaban J connectivity index is 2.10. The Labute approximate surface area is 158 Å². The summed E-state index contributed by atoms with van der Waals surface area (Å²) in [6.07, 6.45) is 15.6. The number of nitrogens with zero attached hydrogens (tertiary/aromatic N) is 2. The normalized spacial score (nSPS) is 11.3. The van der Waals surface area contributed by atoms with Gasteiger partial charge in [0, 0.05) is 6.54 Å². The Hall–Kier alpha value is -1.47. The van der Waals surface area contributed by atoms with Crippen LogP contribution in [0.5, 0.6) is 0 Å². The third kappa shape index (κ3) is 10.9. The summed E-state index contributed by atoms with van der Waals surface area (Å²) < 4.78 is 0. The number of aliphatic imine (C=N–C) groups is 1. The first kappa shape index (κ1) is 21.6. The summed E-state index contributed by atoms with van der Waals surface area (Å²) in [5.41, 5.74) is 1.56. The number of hydrogen-bond donors (Lipinski definition) is 1. The molecule has 25 heavy (non-hydrogen) atoms.